The Morgan fingerprint density at radius 2 is 2.39 bits per heavy atom. The van der Waals surface area contributed by atoms with Gasteiger partial charge in [0, 0.05) is 31.0 Å². The number of carbonyl (C=O) groups is 1. The highest BCUT2D eigenvalue weighted by Crippen LogP contribution is 2.16. The van der Waals surface area contributed by atoms with Crippen molar-refractivity contribution >= 4 is 5.91 Å². The Hall–Kier alpha value is -2.09. The lowest BCUT2D eigenvalue weighted by molar-refractivity contribution is 0.0697. The van der Waals surface area contributed by atoms with Gasteiger partial charge in [-0.25, -0.2) is 0 Å². The molecule has 2 heterocycles. The second kappa shape index (κ2) is 5.05. The summed E-state index contributed by atoms with van der Waals surface area (Å²) >= 11 is 0. The zero-order valence-corrected chi connectivity index (χ0v) is 10.3. The summed E-state index contributed by atoms with van der Waals surface area (Å²) in [5.74, 6) is -0.400. The van der Waals surface area contributed by atoms with Gasteiger partial charge in [-0.3, -0.25) is 9.59 Å². The number of H-pyrrole nitrogens is 1. The van der Waals surface area contributed by atoms with Gasteiger partial charge in [0.2, 0.25) is 0 Å². The smallest absolute Gasteiger partial charge is 0.259 e. The van der Waals surface area contributed by atoms with Crippen molar-refractivity contribution in [1.82, 2.24) is 9.88 Å². The van der Waals surface area contributed by atoms with Crippen molar-refractivity contribution in [3.05, 3.63) is 33.7 Å². The molecule has 94 valence electrons. The summed E-state index contributed by atoms with van der Waals surface area (Å²) in [6.45, 7) is 2.80. The molecule has 1 fully saturated rings. The number of nitrogens with zero attached hydrogens (tertiary/aromatic N) is 2. The van der Waals surface area contributed by atoms with Crippen LogP contribution in [0, 0.1) is 24.2 Å². The maximum atomic E-state index is 12.2. The number of hydrogen-bond acceptors (Lipinski definition) is 3. The zero-order valence-electron chi connectivity index (χ0n) is 10.3. The van der Waals surface area contributed by atoms with Crippen molar-refractivity contribution in [1.29, 1.82) is 5.26 Å². The Morgan fingerprint density at radius 1 is 1.61 bits per heavy atom. The summed E-state index contributed by atoms with van der Waals surface area (Å²) in [6.07, 6.45) is 3.09. The highest BCUT2D eigenvalue weighted by Gasteiger charge is 2.25. The minimum Gasteiger partial charge on any atom is -0.364 e. The number of likely N-dealkylation sites (tertiary alicyclic amines) is 1. The first-order valence-corrected chi connectivity index (χ1v) is 6.00. The van der Waals surface area contributed by atoms with Crippen LogP contribution >= 0.6 is 0 Å². The molecule has 1 aromatic heterocycles. The quantitative estimate of drug-likeness (QED) is 0.803. The number of pyridine rings is 1. The molecule has 0 saturated carbocycles. The van der Waals surface area contributed by atoms with Crippen LogP contribution < -0.4 is 5.43 Å². The highest BCUT2D eigenvalue weighted by atomic mass is 16.2. The van der Waals surface area contributed by atoms with Gasteiger partial charge < -0.3 is 9.88 Å². The van der Waals surface area contributed by atoms with E-state index in [1.807, 2.05) is 0 Å². The van der Waals surface area contributed by atoms with Gasteiger partial charge in [0.1, 0.15) is 5.56 Å². The largest absolute Gasteiger partial charge is 0.364 e. The summed E-state index contributed by atoms with van der Waals surface area (Å²) in [5, 5.41) is 8.90. The summed E-state index contributed by atoms with van der Waals surface area (Å²) in [4.78, 5) is 28.4. The molecule has 1 unspecified atom stereocenters. The van der Waals surface area contributed by atoms with E-state index in [0.29, 0.717) is 13.1 Å². The lowest BCUT2D eigenvalue weighted by Crippen LogP contribution is -2.41. The van der Waals surface area contributed by atoms with Gasteiger partial charge in [-0.15, -0.1) is 0 Å². The molecule has 0 radical (unpaired) electrons. The molecular formula is C13H15N3O2. The molecule has 1 N–H and O–H groups in total. The molecule has 5 nitrogen and oxygen atoms in total. The predicted octanol–water partition coefficient (Wildman–Crippen LogP) is 1.06. The molecule has 1 atom stereocenters. The Morgan fingerprint density at radius 3 is 3.06 bits per heavy atom. The van der Waals surface area contributed by atoms with Crippen LogP contribution in [0.3, 0.4) is 0 Å². The highest BCUT2D eigenvalue weighted by molar-refractivity contribution is 5.93. The van der Waals surface area contributed by atoms with Crippen LogP contribution in [-0.2, 0) is 0 Å². The number of hydrogen-bond donors (Lipinski definition) is 1. The van der Waals surface area contributed by atoms with Crippen LogP contribution in [-0.4, -0.2) is 28.9 Å². The van der Waals surface area contributed by atoms with Gasteiger partial charge in [0.25, 0.3) is 5.91 Å². The number of aryl methyl sites for hydroxylation is 1. The molecule has 0 aliphatic carbocycles. The Labute approximate surface area is 105 Å². The number of rotatable bonds is 1. The molecule has 18 heavy (non-hydrogen) atoms. The average molecular weight is 245 g/mol. The fraction of sp³-hybridized carbons (Fsp3) is 0.462. The summed E-state index contributed by atoms with van der Waals surface area (Å²) in [6, 6.07) is 3.60. The van der Waals surface area contributed by atoms with Crippen LogP contribution in [0.25, 0.3) is 0 Å². The molecule has 0 spiro atoms. The Balaban J connectivity index is 2.21. The van der Waals surface area contributed by atoms with Crippen molar-refractivity contribution in [2.45, 2.75) is 19.8 Å². The van der Waals surface area contributed by atoms with Crippen molar-refractivity contribution in [3.8, 4) is 6.07 Å². The standard InChI is InChI=1S/C13H15N3O2/c1-9-5-12(17)11(7-15-9)13(18)16-4-2-3-10(6-14)8-16/h5,7,10H,2-4,8H2,1H3,(H,15,17). The maximum absolute atomic E-state index is 12.2. The predicted molar refractivity (Wildman–Crippen MR) is 66.0 cm³/mol. The fourth-order valence-electron chi connectivity index (χ4n) is 2.18. The van der Waals surface area contributed by atoms with Crippen molar-refractivity contribution in [2.75, 3.05) is 13.1 Å². The zero-order chi connectivity index (χ0) is 13.1. The van der Waals surface area contributed by atoms with Gasteiger partial charge >= 0.3 is 0 Å². The van der Waals surface area contributed by atoms with E-state index in [-0.39, 0.29) is 22.8 Å². The third kappa shape index (κ3) is 2.43. The third-order valence-corrected chi connectivity index (χ3v) is 3.18. The van der Waals surface area contributed by atoms with Gasteiger partial charge in [0.05, 0.1) is 12.0 Å². The van der Waals surface area contributed by atoms with Crippen LogP contribution in [0.15, 0.2) is 17.1 Å². The monoisotopic (exact) mass is 245 g/mol. The van der Waals surface area contributed by atoms with Crippen molar-refractivity contribution in [3.63, 3.8) is 0 Å². The van der Waals surface area contributed by atoms with Gasteiger partial charge in [-0.2, -0.15) is 5.26 Å². The third-order valence-electron chi connectivity index (χ3n) is 3.18. The fourth-order valence-corrected chi connectivity index (χ4v) is 2.18. The molecule has 1 aromatic rings. The van der Waals surface area contributed by atoms with Crippen molar-refractivity contribution < 1.29 is 4.79 Å². The number of carbonyl (C=O) groups excluding carboxylic acids is 1. The molecule has 1 amide bonds. The lowest BCUT2D eigenvalue weighted by Gasteiger charge is -2.29. The Kier molecular flexibility index (Phi) is 3.47. The number of nitrogens with one attached hydrogen (secondary N) is 1. The molecule has 2 rings (SSSR count). The molecule has 0 bridgehead atoms. The summed E-state index contributed by atoms with van der Waals surface area (Å²) in [5.41, 5.74) is 0.611. The average Bonchev–Trinajstić information content (AvgIpc) is 2.38. The van der Waals surface area contributed by atoms with E-state index in [0.717, 1.165) is 18.5 Å². The minimum absolute atomic E-state index is 0.118. The minimum atomic E-state index is -0.281. The van der Waals surface area contributed by atoms with Crippen LogP contribution in [0.2, 0.25) is 0 Å². The van der Waals surface area contributed by atoms with Crippen LogP contribution in [0.4, 0.5) is 0 Å². The molecular weight excluding hydrogens is 230 g/mol. The molecule has 5 heteroatoms. The maximum Gasteiger partial charge on any atom is 0.259 e. The Bertz CT molecular complexity index is 556. The summed E-state index contributed by atoms with van der Waals surface area (Å²) < 4.78 is 0. The molecule has 1 saturated heterocycles. The number of aromatic nitrogens is 1. The van der Waals surface area contributed by atoms with Gasteiger partial charge in [0.15, 0.2) is 5.43 Å². The first-order valence-electron chi connectivity index (χ1n) is 6.00. The number of nitriles is 1. The van der Waals surface area contributed by atoms with E-state index in [1.165, 1.54) is 12.3 Å². The van der Waals surface area contributed by atoms with Crippen LogP contribution in [0.5, 0.6) is 0 Å². The second-order valence-corrected chi connectivity index (χ2v) is 4.61. The topological polar surface area (TPSA) is 77.0 Å². The number of aromatic amines is 1. The second-order valence-electron chi connectivity index (χ2n) is 4.61. The van der Waals surface area contributed by atoms with E-state index in [9.17, 15) is 9.59 Å². The number of amides is 1. The first kappa shape index (κ1) is 12.4. The summed E-state index contributed by atoms with van der Waals surface area (Å²) in [7, 11) is 0. The van der Waals surface area contributed by atoms with Gasteiger partial charge in [-0.1, -0.05) is 0 Å². The first-order chi connectivity index (χ1) is 8.61. The van der Waals surface area contributed by atoms with E-state index in [1.54, 1.807) is 11.8 Å². The lowest BCUT2D eigenvalue weighted by atomic mass is 9.99. The van der Waals surface area contributed by atoms with E-state index >= 15 is 0 Å². The molecule has 1 aliphatic heterocycles. The SMILES string of the molecule is Cc1cc(=O)c(C(=O)N2CCCC(C#N)C2)c[nH]1. The number of piperidine rings is 1. The van der Waals surface area contributed by atoms with E-state index in [2.05, 4.69) is 11.1 Å². The van der Waals surface area contributed by atoms with Crippen LogP contribution in [0.1, 0.15) is 28.9 Å². The molecule has 0 aromatic carbocycles. The normalized spacial score (nSPS) is 19.3. The molecule has 1 aliphatic rings. The van der Waals surface area contributed by atoms with Gasteiger partial charge in [-0.05, 0) is 19.8 Å². The van der Waals surface area contributed by atoms with E-state index in [4.69, 9.17) is 5.26 Å². The van der Waals surface area contributed by atoms with E-state index < -0.39 is 0 Å². The van der Waals surface area contributed by atoms with Crippen molar-refractivity contribution in [2.24, 2.45) is 5.92 Å².